The Labute approximate surface area is 137 Å². The lowest BCUT2D eigenvalue weighted by molar-refractivity contribution is 0.0213. The van der Waals surface area contributed by atoms with Crippen molar-refractivity contribution in [3.8, 4) is 0 Å². The van der Waals surface area contributed by atoms with Crippen LogP contribution in [0.2, 0.25) is 0 Å². The summed E-state index contributed by atoms with van der Waals surface area (Å²) in [5, 5.41) is 9.15. The fourth-order valence-electron chi connectivity index (χ4n) is 2.78. The van der Waals surface area contributed by atoms with E-state index in [1.165, 1.54) is 16.4 Å². The molecule has 1 heterocycles. The van der Waals surface area contributed by atoms with E-state index in [1.807, 2.05) is 13.8 Å². The van der Waals surface area contributed by atoms with Gasteiger partial charge in [0, 0.05) is 25.8 Å². The van der Waals surface area contributed by atoms with E-state index in [9.17, 15) is 13.2 Å². The molecule has 0 saturated carbocycles. The van der Waals surface area contributed by atoms with Crippen molar-refractivity contribution in [2.75, 3.05) is 20.3 Å². The quantitative estimate of drug-likeness (QED) is 0.887. The largest absolute Gasteiger partial charge is 0.478 e. The molecular formula is C16H23NO5S. The Bertz CT molecular complexity index is 692. The lowest BCUT2D eigenvalue weighted by Crippen LogP contribution is -2.50. The average Bonchev–Trinajstić information content (AvgIpc) is 2.54. The molecule has 1 N–H and O–H groups in total. The van der Waals surface area contributed by atoms with Crippen LogP contribution in [-0.4, -0.2) is 49.6 Å². The number of hydrogen-bond acceptors (Lipinski definition) is 4. The van der Waals surface area contributed by atoms with Gasteiger partial charge in [0.15, 0.2) is 0 Å². The molecule has 1 aromatic rings. The second-order valence-corrected chi connectivity index (χ2v) is 8.00. The van der Waals surface area contributed by atoms with Crippen LogP contribution in [0.4, 0.5) is 0 Å². The van der Waals surface area contributed by atoms with Crippen LogP contribution in [0.15, 0.2) is 23.1 Å². The van der Waals surface area contributed by atoms with Crippen molar-refractivity contribution in [3.05, 3.63) is 29.3 Å². The van der Waals surface area contributed by atoms with E-state index < -0.39 is 21.5 Å². The van der Waals surface area contributed by atoms with Gasteiger partial charge in [-0.2, -0.15) is 4.31 Å². The third-order valence-corrected chi connectivity index (χ3v) is 6.76. The zero-order valence-electron chi connectivity index (χ0n) is 13.7. The number of carboxylic acid groups (broad SMARTS) is 1. The van der Waals surface area contributed by atoms with Crippen LogP contribution in [-0.2, 0) is 21.2 Å². The van der Waals surface area contributed by atoms with Crippen molar-refractivity contribution >= 4 is 16.0 Å². The van der Waals surface area contributed by atoms with Crippen LogP contribution >= 0.6 is 0 Å². The van der Waals surface area contributed by atoms with Crippen molar-refractivity contribution in [2.45, 2.75) is 43.5 Å². The Morgan fingerprint density at radius 3 is 2.48 bits per heavy atom. The van der Waals surface area contributed by atoms with Crippen molar-refractivity contribution < 1.29 is 23.1 Å². The molecule has 6 nitrogen and oxygen atoms in total. The third kappa shape index (κ3) is 3.41. The Hall–Kier alpha value is -1.44. The maximum absolute atomic E-state index is 13.1. The minimum absolute atomic E-state index is 0.0219. The Morgan fingerprint density at radius 2 is 1.96 bits per heavy atom. The van der Waals surface area contributed by atoms with E-state index in [0.29, 0.717) is 38.0 Å². The first-order valence-corrected chi connectivity index (χ1v) is 9.09. The molecular weight excluding hydrogens is 318 g/mol. The van der Waals surface area contributed by atoms with E-state index in [0.717, 1.165) is 0 Å². The molecule has 128 valence electrons. The highest BCUT2D eigenvalue weighted by Crippen LogP contribution is 2.32. The van der Waals surface area contributed by atoms with E-state index in [2.05, 4.69) is 0 Å². The summed E-state index contributed by atoms with van der Waals surface area (Å²) in [7, 11) is -2.22. The molecule has 0 radical (unpaired) electrons. The molecule has 1 aromatic carbocycles. The fraction of sp³-hybridized carbons (Fsp3) is 0.562. The van der Waals surface area contributed by atoms with Crippen molar-refractivity contribution in [1.82, 2.24) is 4.31 Å². The summed E-state index contributed by atoms with van der Waals surface area (Å²) in [4.78, 5) is 11.3. The standard InChI is InChI=1S/C16H23NO5S/c1-4-12-5-6-13(15(18)19)11-14(12)23(20,21)17(3)16(2)7-9-22-10-8-16/h5-6,11H,4,7-10H2,1-3H3,(H,18,19). The summed E-state index contributed by atoms with van der Waals surface area (Å²) >= 11 is 0. The van der Waals surface area contributed by atoms with Crippen LogP contribution in [0.1, 0.15) is 42.6 Å². The predicted molar refractivity (Wildman–Crippen MR) is 86.2 cm³/mol. The summed E-state index contributed by atoms with van der Waals surface area (Å²) in [5.41, 5.74) is 0.0743. The SMILES string of the molecule is CCc1ccc(C(=O)O)cc1S(=O)(=O)N(C)C1(C)CCOCC1. The monoisotopic (exact) mass is 341 g/mol. The molecule has 0 aliphatic carbocycles. The topological polar surface area (TPSA) is 83.9 Å². The zero-order chi connectivity index (χ0) is 17.3. The number of carboxylic acids is 1. The molecule has 0 atom stereocenters. The van der Waals surface area contributed by atoms with Crippen LogP contribution < -0.4 is 0 Å². The number of nitrogens with zero attached hydrogens (tertiary/aromatic N) is 1. The van der Waals surface area contributed by atoms with Gasteiger partial charge in [-0.15, -0.1) is 0 Å². The van der Waals surface area contributed by atoms with Gasteiger partial charge in [-0.1, -0.05) is 13.0 Å². The second-order valence-electron chi connectivity index (χ2n) is 6.06. The lowest BCUT2D eigenvalue weighted by Gasteiger charge is -2.40. The molecule has 7 heteroatoms. The van der Waals surface area contributed by atoms with Gasteiger partial charge in [0.2, 0.25) is 10.0 Å². The fourth-order valence-corrected chi connectivity index (χ4v) is 4.66. The highest BCUT2D eigenvalue weighted by Gasteiger charge is 2.39. The molecule has 0 aromatic heterocycles. The Balaban J connectivity index is 2.49. The van der Waals surface area contributed by atoms with Crippen LogP contribution in [0.25, 0.3) is 0 Å². The van der Waals surface area contributed by atoms with Crippen LogP contribution in [0.3, 0.4) is 0 Å². The number of ether oxygens (including phenoxy) is 1. The molecule has 0 amide bonds. The summed E-state index contributed by atoms with van der Waals surface area (Å²) in [6.45, 7) is 4.79. The maximum Gasteiger partial charge on any atom is 0.335 e. The maximum atomic E-state index is 13.1. The number of benzene rings is 1. The first-order valence-electron chi connectivity index (χ1n) is 7.65. The van der Waals surface area contributed by atoms with Crippen LogP contribution in [0.5, 0.6) is 0 Å². The zero-order valence-corrected chi connectivity index (χ0v) is 14.5. The van der Waals surface area contributed by atoms with Crippen LogP contribution in [0, 0.1) is 0 Å². The van der Waals surface area contributed by atoms with Crippen molar-refractivity contribution in [2.24, 2.45) is 0 Å². The van der Waals surface area contributed by atoms with E-state index in [1.54, 1.807) is 13.1 Å². The Morgan fingerprint density at radius 1 is 1.35 bits per heavy atom. The van der Waals surface area contributed by atoms with E-state index >= 15 is 0 Å². The highest BCUT2D eigenvalue weighted by molar-refractivity contribution is 7.89. The summed E-state index contributed by atoms with van der Waals surface area (Å²) in [5.74, 6) is -1.14. The number of carbonyl (C=O) groups is 1. The summed E-state index contributed by atoms with van der Waals surface area (Å²) in [6.07, 6.45) is 1.74. The first kappa shape index (κ1) is 17.9. The smallest absolute Gasteiger partial charge is 0.335 e. The van der Waals surface area contributed by atoms with E-state index in [4.69, 9.17) is 9.84 Å². The lowest BCUT2D eigenvalue weighted by atomic mass is 9.93. The normalized spacial score (nSPS) is 18.1. The molecule has 1 aliphatic rings. The van der Waals surface area contributed by atoms with Gasteiger partial charge in [0.1, 0.15) is 0 Å². The van der Waals surface area contributed by atoms with Crippen molar-refractivity contribution in [1.29, 1.82) is 0 Å². The molecule has 0 spiro atoms. The number of sulfonamides is 1. The molecule has 1 aliphatic heterocycles. The molecule has 2 rings (SSSR count). The predicted octanol–water partition coefficient (Wildman–Crippen LogP) is 2.14. The van der Waals surface area contributed by atoms with Gasteiger partial charge in [-0.05, 0) is 43.9 Å². The minimum atomic E-state index is -3.78. The van der Waals surface area contributed by atoms with Gasteiger partial charge in [0.25, 0.3) is 0 Å². The van der Waals surface area contributed by atoms with Gasteiger partial charge < -0.3 is 9.84 Å². The van der Waals surface area contributed by atoms with Gasteiger partial charge in [0.05, 0.1) is 10.5 Å². The van der Waals surface area contributed by atoms with E-state index in [-0.39, 0.29) is 10.5 Å². The highest BCUT2D eigenvalue weighted by atomic mass is 32.2. The van der Waals surface area contributed by atoms with Crippen molar-refractivity contribution in [3.63, 3.8) is 0 Å². The average molecular weight is 341 g/mol. The molecule has 1 fully saturated rings. The number of rotatable bonds is 5. The van der Waals surface area contributed by atoms with Gasteiger partial charge in [-0.25, -0.2) is 13.2 Å². The Kier molecular flexibility index (Phi) is 5.13. The number of hydrogen-bond donors (Lipinski definition) is 1. The first-order chi connectivity index (χ1) is 10.7. The minimum Gasteiger partial charge on any atom is -0.478 e. The van der Waals surface area contributed by atoms with Gasteiger partial charge in [-0.3, -0.25) is 0 Å². The summed E-state index contributed by atoms with van der Waals surface area (Å²) in [6, 6.07) is 4.28. The number of aryl methyl sites for hydroxylation is 1. The third-order valence-electron chi connectivity index (χ3n) is 4.66. The molecule has 0 bridgehead atoms. The number of aromatic carboxylic acids is 1. The molecule has 0 unspecified atom stereocenters. The van der Waals surface area contributed by atoms with Gasteiger partial charge >= 0.3 is 5.97 Å². The second kappa shape index (κ2) is 6.59. The summed E-state index contributed by atoms with van der Waals surface area (Å²) < 4.78 is 32.9. The molecule has 1 saturated heterocycles. The molecule has 23 heavy (non-hydrogen) atoms.